The number of nitrogens with two attached hydrogens (primary N) is 3. The zero-order valence-electron chi connectivity index (χ0n) is 23.3. The molecule has 4 aromatic carbocycles. The van der Waals surface area contributed by atoms with Crippen LogP contribution in [0.1, 0.15) is 18.1 Å². The Bertz CT molecular complexity index is 1590. The summed E-state index contributed by atoms with van der Waals surface area (Å²) in [4.78, 5) is 2.47. The van der Waals surface area contributed by atoms with Gasteiger partial charge in [0.15, 0.2) is 0 Å². The first-order valence-corrected chi connectivity index (χ1v) is 13.2. The van der Waals surface area contributed by atoms with Crippen LogP contribution in [0.4, 0.5) is 11.4 Å². The number of benzene rings is 4. The molecule has 1 heterocycles. The van der Waals surface area contributed by atoms with Crippen LogP contribution in [-0.4, -0.2) is 13.6 Å². The van der Waals surface area contributed by atoms with Crippen LogP contribution in [0.3, 0.4) is 0 Å². The molecule has 0 bridgehead atoms. The van der Waals surface area contributed by atoms with Crippen molar-refractivity contribution in [3.63, 3.8) is 0 Å². The first-order chi connectivity index (χ1) is 19.1. The molecule has 6 N–H and O–H groups in total. The molecule has 0 radical (unpaired) electrons. The van der Waals surface area contributed by atoms with E-state index in [2.05, 4.69) is 90.9 Å². The standard InChI is InChI=1S/C25H21N.C9H14N2.CH5N/c1-3-6-19-11-13-21-23(26-16-15-18-7-4-5-8-22(18)26)14-12-20-10-9-17(2)24(19)25(20)21;1-2-5-9(8-11)6-3-4-7-10;1-2/h3-14H,1,15-16H2,2H3;2-8H,10-11H2,1H3;2H2,1H3/b19-6-;5-2-,6-3-,7-4-,9-8+;. The molecule has 0 saturated heterocycles. The Kier molecular flexibility index (Phi) is 10.7. The van der Waals surface area contributed by atoms with E-state index < -0.39 is 0 Å². The molecule has 0 aliphatic carbocycles. The van der Waals surface area contributed by atoms with Crippen molar-refractivity contribution in [2.45, 2.75) is 20.3 Å². The third-order valence-electron chi connectivity index (χ3n) is 6.67. The van der Waals surface area contributed by atoms with Crippen LogP contribution in [0.2, 0.25) is 0 Å². The van der Waals surface area contributed by atoms with Gasteiger partial charge in [-0.1, -0.05) is 91.6 Å². The molecule has 0 saturated carbocycles. The minimum Gasteiger partial charge on any atom is -0.405 e. The first kappa shape index (κ1) is 29.0. The van der Waals surface area contributed by atoms with Crippen LogP contribution in [0.25, 0.3) is 27.6 Å². The molecule has 0 aromatic heterocycles. The predicted octanol–water partition coefficient (Wildman–Crippen LogP) is 6.69. The topological polar surface area (TPSA) is 81.3 Å². The fraction of sp³-hybridized carbons (Fsp3) is 0.143. The van der Waals surface area contributed by atoms with Crippen molar-refractivity contribution < 1.29 is 0 Å². The molecule has 0 spiro atoms. The summed E-state index contributed by atoms with van der Waals surface area (Å²) in [6.45, 7) is 9.08. The lowest BCUT2D eigenvalue weighted by Gasteiger charge is -2.23. The SMILES string of the molecule is C=C/C=c1/ccc2c(N3CCc4ccccc43)ccc3ccc(C)c1c32.CN.C\C=C/C(/C=C\C=C/N)=C\N. The second-order valence-corrected chi connectivity index (χ2v) is 8.99. The van der Waals surface area contributed by atoms with Gasteiger partial charge in [0.05, 0.1) is 0 Å². The van der Waals surface area contributed by atoms with Crippen molar-refractivity contribution in [2.75, 3.05) is 18.5 Å². The van der Waals surface area contributed by atoms with Gasteiger partial charge in [-0.2, -0.15) is 0 Å². The number of aryl methyl sites for hydroxylation is 1. The van der Waals surface area contributed by atoms with Crippen LogP contribution in [0.15, 0.2) is 122 Å². The maximum Gasteiger partial charge on any atom is 0.0491 e. The van der Waals surface area contributed by atoms with Gasteiger partial charge in [0.25, 0.3) is 0 Å². The number of nitrogens with zero attached hydrogens (tertiary/aromatic N) is 1. The van der Waals surface area contributed by atoms with Gasteiger partial charge in [0.1, 0.15) is 0 Å². The first-order valence-electron chi connectivity index (χ1n) is 13.2. The zero-order chi connectivity index (χ0) is 28.2. The second kappa shape index (κ2) is 14.4. The Morgan fingerprint density at radius 2 is 1.64 bits per heavy atom. The largest absolute Gasteiger partial charge is 0.405 e. The molecule has 4 aromatic rings. The van der Waals surface area contributed by atoms with Crippen molar-refractivity contribution in [1.29, 1.82) is 0 Å². The number of para-hydroxylation sites is 1. The van der Waals surface area contributed by atoms with Gasteiger partial charge in [0, 0.05) is 29.5 Å². The van der Waals surface area contributed by atoms with Crippen LogP contribution in [0, 0.1) is 6.92 Å². The normalized spacial score (nSPS) is 13.7. The van der Waals surface area contributed by atoms with E-state index in [1.54, 1.807) is 12.3 Å². The Hall–Kier alpha value is -4.54. The molecule has 39 heavy (non-hydrogen) atoms. The molecule has 1 aliphatic rings. The van der Waals surface area contributed by atoms with Crippen molar-refractivity contribution in [2.24, 2.45) is 17.2 Å². The Morgan fingerprint density at radius 1 is 0.872 bits per heavy atom. The minimum absolute atomic E-state index is 0.964. The van der Waals surface area contributed by atoms with E-state index in [0.717, 1.165) is 18.5 Å². The minimum atomic E-state index is 0.964. The molecular formula is C35H40N4. The lowest BCUT2D eigenvalue weighted by molar-refractivity contribution is 1.00. The number of hydrogen-bond acceptors (Lipinski definition) is 4. The van der Waals surface area contributed by atoms with Gasteiger partial charge in [0.2, 0.25) is 0 Å². The highest BCUT2D eigenvalue weighted by atomic mass is 15.2. The van der Waals surface area contributed by atoms with Crippen LogP contribution < -0.4 is 27.3 Å². The monoisotopic (exact) mass is 516 g/mol. The maximum absolute atomic E-state index is 5.32. The van der Waals surface area contributed by atoms with E-state index >= 15 is 0 Å². The van der Waals surface area contributed by atoms with Gasteiger partial charge in [-0.3, -0.25) is 0 Å². The molecular weight excluding hydrogens is 476 g/mol. The van der Waals surface area contributed by atoms with Gasteiger partial charge >= 0.3 is 0 Å². The lowest BCUT2D eigenvalue weighted by atomic mass is 9.94. The molecule has 0 amide bonds. The third kappa shape index (κ3) is 6.49. The number of allylic oxidation sites excluding steroid dienone is 7. The summed E-state index contributed by atoms with van der Waals surface area (Å²) in [5, 5.41) is 6.58. The Balaban J connectivity index is 0.000000276. The number of anilines is 2. The average Bonchev–Trinajstić information content (AvgIpc) is 3.40. The van der Waals surface area contributed by atoms with Gasteiger partial charge in [-0.25, -0.2) is 0 Å². The predicted molar refractivity (Wildman–Crippen MR) is 173 cm³/mol. The van der Waals surface area contributed by atoms with Crippen molar-refractivity contribution in [1.82, 2.24) is 0 Å². The molecule has 4 nitrogen and oxygen atoms in total. The second-order valence-electron chi connectivity index (χ2n) is 8.99. The highest BCUT2D eigenvalue weighted by Crippen LogP contribution is 2.40. The van der Waals surface area contributed by atoms with E-state index in [-0.39, 0.29) is 0 Å². The molecule has 1 aliphatic heterocycles. The van der Waals surface area contributed by atoms with Gasteiger partial charge in [-0.05, 0) is 89.8 Å². The number of rotatable bonds is 5. The lowest BCUT2D eigenvalue weighted by Crippen LogP contribution is -2.14. The molecule has 5 rings (SSSR count). The summed E-state index contributed by atoms with van der Waals surface area (Å²) in [5.41, 5.74) is 21.3. The van der Waals surface area contributed by atoms with E-state index in [1.165, 1.54) is 62.5 Å². The number of fused-ring (bicyclic) bond motifs is 1. The van der Waals surface area contributed by atoms with Crippen LogP contribution >= 0.6 is 0 Å². The highest BCUT2D eigenvalue weighted by Gasteiger charge is 2.22. The van der Waals surface area contributed by atoms with Crippen LogP contribution in [-0.2, 0) is 6.42 Å². The molecule has 4 heteroatoms. The summed E-state index contributed by atoms with van der Waals surface area (Å²) in [6.07, 6.45) is 17.4. The van der Waals surface area contributed by atoms with E-state index in [9.17, 15) is 0 Å². The van der Waals surface area contributed by atoms with Crippen molar-refractivity contribution in [3.05, 3.63) is 138 Å². The summed E-state index contributed by atoms with van der Waals surface area (Å²) in [6, 6.07) is 22.3. The molecule has 0 unspecified atom stereocenters. The fourth-order valence-electron chi connectivity index (χ4n) is 5.02. The van der Waals surface area contributed by atoms with Crippen molar-refractivity contribution >= 4 is 39.0 Å². The molecule has 200 valence electrons. The summed E-state index contributed by atoms with van der Waals surface area (Å²) < 4.78 is 0. The summed E-state index contributed by atoms with van der Waals surface area (Å²) in [5.74, 6) is 0. The van der Waals surface area contributed by atoms with Gasteiger partial charge < -0.3 is 22.1 Å². The Morgan fingerprint density at radius 3 is 2.36 bits per heavy atom. The Labute approximate surface area is 232 Å². The number of hydrogen-bond donors (Lipinski definition) is 3. The smallest absolute Gasteiger partial charge is 0.0491 e. The zero-order valence-corrected chi connectivity index (χ0v) is 23.3. The average molecular weight is 517 g/mol. The maximum atomic E-state index is 5.32. The summed E-state index contributed by atoms with van der Waals surface area (Å²) >= 11 is 0. The fourth-order valence-corrected chi connectivity index (χ4v) is 5.02. The van der Waals surface area contributed by atoms with Crippen molar-refractivity contribution in [3.8, 4) is 0 Å². The highest BCUT2D eigenvalue weighted by molar-refractivity contribution is 6.16. The summed E-state index contributed by atoms with van der Waals surface area (Å²) in [7, 11) is 1.50. The molecule has 0 fully saturated rings. The van der Waals surface area contributed by atoms with E-state index in [1.807, 2.05) is 37.3 Å². The van der Waals surface area contributed by atoms with Crippen LogP contribution in [0.5, 0.6) is 0 Å². The molecule has 0 atom stereocenters. The van der Waals surface area contributed by atoms with Gasteiger partial charge in [-0.15, -0.1) is 0 Å². The quantitative estimate of drug-likeness (QED) is 0.258. The van der Waals surface area contributed by atoms with E-state index in [0.29, 0.717) is 0 Å². The van der Waals surface area contributed by atoms with E-state index in [4.69, 9.17) is 11.5 Å². The third-order valence-corrected chi connectivity index (χ3v) is 6.67.